The maximum Gasteiger partial charge on any atom is 0.417 e. The molecule has 3 nitrogen and oxygen atoms in total. The Labute approximate surface area is 151 Å². The van der Waals surface area contributed by atoms with Gasteiger partial charge in [0.15, 0.2) is 0 Å². The lowest BCUT2D eigenvalue weighted by Crippen LogP contribution is -2.37. The molecule has 0 saturated carbocycles. The van der Waals surface area contributed by atoms with Gasteiger partial charge in [0, 0.05) is 3.57 Å². The lowest BCUT2D eigenvalue weighted by Gasteiger charge is -2.21. The van der Waals surface area contributed by atoms with Gasteiger partial charge in [0.1, 0.15) is 0 Å². The molecule has 0 aliphatic heterocycles. The summed E-state index contributed by atoms with van der Waals surface area (Å²) in [5.74, 6) is -0.659. The number of hydrogen-bond acceptors (Lipinski definition) is 2. The van der Waals surface area contributed by atoms with Crippen molar-refractivity contribution in [3.8, 4) is 0 Å². The first-order chi connectivity index (χ1) is 11.2. The van der Waals surface area contributed by atoms with Crippen LogP contribution in [0.25, 0.3) is 0 Å². The standard InChI is InChI=1S/C17H15F3INO2/c1-10(15(23)11-6-3-2-4-7-11)22-16(24)12-8-5-9-13(14(12)21)17(18,19)20/h2-10,15,23H,1H3,(H,22,24)/t10-,15+/m1/s1. The zero-order valence-electron chi connectivity index (χ0n) is 12.6. The first kappa shape index (κ1) is 18.7. The normalized spacial score (nSPS) is 14.1. The summed E-state index contributed by atoms with van der Waals surface area (Å²) in [5, 5.41) is 12.8. The van der Waals surface area contributed by atoms with Gasteiger partial charge in [0.2, 0.25) is 0 Å². The molecular weight excluding hydrogens is 434 g/mol. The molecule has 0 radical (unpaired) electrons. The molecule has 0 heterocycles. The molecule has 7 heteroatoms. The quantitative estimate of drug-likeness (QED) is 0.689. The van der Waals surface area contributed by atoms with Crippen LogP contribution in [0, 0.1) is 3.57 Å². The maximum atomic E-state index is 12.9. The summed E-state index contributed by atoms with van der Waals surface area (Å²) in [7, 11) is 0. The van der Waals surface area contributed by atoms with E-state index in [4.69, 9.17) is 0 Å². The molecule has 128 valence electrons. The highest BCUT2D eigenvalue weighted by Gasteiger charge is 2.34. The van der Waals surface area contributed by atoms with Crippen LogP contribution < -0.4 is 5.32 Å². The van der Waals surface area contributed by atoms with Crippen LogP contribution in [0.3, 0.4) is 0 Å². The second-order valence-electron chi connectivity index (χ2n) is 5.28. The van der Waals surface area contributed by atoms with Gasteiger partial charge in [-0.25, -0.2) is 0 Å². The molecule has 0 spiro atoms. The summed E-state index contributed by atoms with van der Waals surface area (Å²) >= 11 is 1.51. The van der Waals surface area contributed by atoms with Gasteiger partial charge < -0.3 is 10.4 Å². The number of aliphatic hydroxyl groups is 1. The van der Waals surface area contributed by atoms with E-state index in [0.717, 1.165) is 6.07 Å². The topological polar surface area (TPSA) is 49.3 Å². The van der Waals surface area contributed by atoms with Crippen molar-refractivity contribution in [2.24, 2.45) is 0 Å². The van der Waals surface area contributed by atoms with Crippen molar-refractivity contribution in [2.75, 3.05) is 0 Å². The average molecular weight is 449 g/mol. The van der Waals surface area contributed by atoms with E-state index >= 15 is 0 Å². The second-order valence-corrected chi connectivity index (χ2v) is 6.36. The molecule has 0 aliphatic rings. The highest BCUT2D eigenvalue weighted by Crippen LogP contribution is 2.34. The Balaban J connectivity index is 2.18. The number of halogens is 4. The van der Waals surface area contributed by atoms with Crippen LogP contribution in [0.5, 0.6) is 0 Å². The van der Waals surface area contributed by atoms with Gasteiger partial charge in [-0.15, -0.1) is 0 Å². The molecule has 0 aromatic heterocycles. The van der Waals surface area contributed by atoms with Gasteiger partial charge in [0.25, 0.3) is 5.91 Å². The average Bonchev–Trinajstić information content (AvgIpc) is 2.53. The molecule has 2 rings (SSSR count). The lowest BCUT2D eigenvalue weighted by molar-refractivity contribution is -0.138. The molecule has 1 amide bonds. The molecule has 0 aliphatic carbocycles. The third-order valence-electron chi connectivity index (χ3n) is 3.52. The Morgan fingerprint density at radius 3 is 2.33 bits per heavy atom. The smallest absolute Gasteiger partial charge is 0.386 e. The number of alkyl halides is 3. The van der Waals surface area contributed by atoms with E-state index in [1.165, 1.54) is 34.7 Å². The fourth-order valence-electron chi connectivity index (χ4n) is 2.23. The monoisotopic (exact) mass is 449 g/mol. The van der Waals surface area contributed by atoms with Crippen LogP contribution in [0.15, 0.2) is 48.5 Å². The maximum absolute atomic E-state index is 12.9. The summed E-state index contributed by atoms with van der Waals surface area (Å²) in [5.41, 5.74) is -0.311. The highest BCUT2D eigenvalue weighted by atomic mass is 127. The number of hydrogen-bond donors (Lipinski definition) is 2. The predicted octanol–water partition coefficient (Wildman–Crippen LogP) is 4.16. The number of benzene rings is 2. The number of rotatable bonds is 4. The van der Waals surface area contributed by atoms with Gasteiger partial charge in [0.05, 0.1) is 23.3 Å². The fourth-order valence-corrected chi connectivity index (χ4v) is 3.14. The molecule has 0 saturated heterocycles. The molecule has 2 aromatic rings. The van der Waals surface area contributed by atoms with Crippen LogP contribution >= 0.6 is 22.6 Å². The van der Waals surface area contributed by atoms with Crippen molar-refractivity contribution in [1.82, 2.24) is 5.32 Å². The molecule has 0 bridgehead atoms. The highest BCUT2D eigenvalue weighted by molar-refractivity contribution is 14.1. The molecule has 24 heavy (non-hydrogen) atoms. The Hall–Kier alpha value is -1.61. The number of carbonyl (C=O) groups is 1. The van der Waals surface area contributed by atoms with Crippen molar-refractivity contribution in [1.29, 1.82) is 0 Å². The number of nitrogens with one attached hydrogen (secondary N) is 1. The van der Waals surface area contributed by atoms with Gasteiger partial charge in [-0.05, 0) is 47.2 Å². The van der Waals surface area contributed by atoms with Crippen LogP contribution in [0.4, 0.5) is 13.2 Å². The van der Waals surface area contributed by atoms with E-state index in [2.05, 4.69) is 5.32 Å². The zero-order valence-corrected chi connectivity index (χ0v) is 14.8. The minimum Gasteiger partial charge on any atom is -0.386 e. The Morgan fingerprint density at radius 1 is 1.12 bits per heavy atom. The van der Waals surface area contributed by atoms with Crippen molar-refractivity contribution >= 4 is 28.5 Å². The Bertz CT molecular complexity index is 720. The molecule has 2 aromatic carbocycles. The van der Waals surface area contributed by atoms with Crippen molar-refractivity contribution in [3.63, 3.8) is 0 Å². The van der Waals surface area contributed by atoms with E-state index < -0.39 is 29.8 Å². The molecule has 0 fully saturated rings. The molecule has 2 atom stereocenters. The third kappa shape index (κ3) is 4.27. The second kappa shape index (κ2) is 7.52. The van der Waals surface area contributed by atoms with E-state index in [1.54, 1.807) is 37.3 Å². The summed E-state index contributed by atoms with van der Waals surface area (Å²) < 4.78 is 38.6. The van der Waals surface area contributed by atoms with Crippen LogP contribution in [-0.4, -0.2) is 17.1 Å². The molecule has 2 N–H and O–H groups in total. The van der Waals surface area contributed by atoms with Crippen LogP contribution in [-0.2, 0) is 6.18 Å². The van der Waals surface area contributed by atoms with Crippen molar-refractivity contribution < 1.29 is 23.1 Å². The lowest BCUT2D eigenvalue weighted by atomic mass is 10.0. The SMILES string of the molecule is C[C@@H](NC(=O)c1cccc(C(F)(F)F)c1I)[C@H](O)c1ccccc1. The third-order valence-corrected chi connectivity index (χ3v) is 4.68. The van der Waals surface area contributed by atoms with Gasteiger partial charge in [-0.1, -0.05) is 36.4 Å². The van der Waals surface area contributed by atoms with E-state index in [9.17, 15) is 23.1 Å². The summed E-state index contributed by atoms with van der Waals surface area (Å²) in [4.78, 5) is 12.3. The number of amides is 1. The van der Waals surface area contributed by atoms with Crippen molar-refractivity contribution in [3.05, 3.63) is 68.8 Å². The largest absolute Gasteiger partial charge is 0.417 e. The number of aliphatic hydroxyl groups excluding tert-OH is 1. The minimum atomic E-state index is -4.53. The minimum absolute atomic E-state index is 0.0717. The van der Waals surface area contributed by atoms with Gasteiger partial charge in [-0.3, -0.25) is 4.79 Å². The van der Waals surface area contributed by atoms with Crippen LogP contribution in [0.2, 0.25) is 0 Å². The Morgan fingerprint density at radius 2 is 1.75 bits per heavy atom. The fraction of sp³-hybridized carbons (Fsp3) is 0.235. The predicted molar refractivity (Wildman–Crippen MR) is 92.5 cm³/mol. The summed E-state index contributed by atoms with van der Waals surface area (Å²) in [6.45, 7) is 1.59. The summed E-state index contributed by atoms with van der Waals surface area (Å²) in [6.07, 6.45) is -5.49. The van der Waals surface area contributed by atoms with Gasteiger partial charge >= 0.3 is 6.18 Å². The van der Waals surface area contributed by atoms with E-state index in [0.29, 0.717) is 5.56 Å². The van der Waals surface area contributed by atoms with Crippen LogP contribution in [0.1, 0.15) is 34.5 Å². The Kier molecular flexibility index (Phi) is 5.87. The number of carbonyl (C=O) groups excluding carboxylic acids is 1. The molecular formula is C17H15F3INO2. The van der Waals surface area contributed by atoms with Crippen molar-refractivity contribution in [2.45, 2.75) is 25.2 Å². The van der Waals surface area contributed by atoms with E-state index in [-0.39, 0.29) is 9.13 Å². The first-order valence-electron chi connectivity index (χ1n) is 7.11. The first-order valence-corrected chi connectivity index (χ1v) is 8.19. The zero-order chi connectivity index (χ0) is 17.9. The molecule has 0 unspecified atom stereocenters. The van der Waals surface area contributed by atoms with Gasteiger partial charge in [-0.2, -0.15) is 13.2 Å². The van der Waals surface area contributed by atoms with E-state index in [1.807, 2.05) is 0 Å². The summed E-state index contributed by atoms with van der Waals surface area (Å²) in [6, 6.07) is 11.5.